The van der Waals surface area contributed by atoms with Gasteiger partial charge in [-0.05, 0) is 24.6 Å². The average Bonchev–Trinajstić information content (AvgIpc) is 2.43. The Morgan fingerprint density at radius 2 is 2.10 bits per heavy atom. The molecule has 0 fully saturated rings. The van der Waals surface area contributed by atoms with Crippen LogP contribution in [0.2, 0.25) is 0 Å². The summed E-state index contributed by atoms with van der Waals surface area (Å²) in [5.74, 6) is 0.729. The van der Waals surface area contributed by atoms with Crippen molar-refractivity contribution in [2.24, 2.45) is 0 Å². The Balaban J connectivity index is 2.36. The normalized spacial score (nSPS) is 10.3. The molecule has 112 valence electrons. The molecule has 0 saturated carbocycles. The van der Waals surface area contributed by atoms with Gasteiger partial charge < -0.3 is 19.5 Å². The molecular formula is C15H23NO4. The lowest BCUT2D eigenvalue weighted by molar-refractivity contribution is -0.132. The molecule has 0 spiro atoms. The van der Waals surface area contributed by atoms with Gasteiger partial charge >= 0.3 is 0 Å². The van der Waals surface area contributed by atoms with Gasteiger partial charge in [0.1, 0.15) is 5.75 Å². The number of benzene rings is 1. The molecule has 0 aromatic heterocycles. The van der Waals surface area contributed by atoms with Crippen LogP contribution in [-0.4, -0.2) is 55.9 Å². The van der Waals surface area contributed by atoms with E-state index in [-0.39, 0.29) is 18.9 Å². The lowest BCUT2D eigenvalue weighted by Crippen LogP contribution is -2.36. The fourth-order valence-electron chi connectivity index (χ4n) is 1.80. The first-order valence-corrected chi connectivity index (χ1v) is 6.74. The topological polar surface area (TPSA) is 59.0 Å². The van der Waals surface area contributed by atoms with Crippen LogP contribution in [0.25, 0.3) is 0 Å². The monoisotopic (exact) mass is 281 g/mol. The second-order valence-corrected chi connectivity index (χ2v) is 4.51. The highest BCUT2D eigenvalue weighted by Gasteiger charge is 2.12. The summed E-state index contributed by atoms with van der Waals surface area (Å²) in [5.41, 5.74) is 1.12. The van der Waals surface area contributed by atoms with Gasteiger partial charge in [0.15, 0.2) is 0 Å². The summed E-state index contributed by atoms with van der Waals surface area (Å²) in [7, 11) is 1.59. The molecule has 0 aliphatic rings. The minimum Gasteiger partial charge on any atom is -0.493 e. The van der Waals surface area contributed by atoms with Crippen molar-refractivity contribution in [2.45, 2.75) is 13.3 Å². The minimum absolute atomic E-state index is 0.0382. The number of ether oxygens (including phenoxy) is 2. The zero-order valence-corrected chi connectivity index (χ0v) is 12.2. The van der Waals surface area contributed by atoms with Crippen molar-refractivity contribution < 1.29 is 19.4 Å². The van der Waals surface area contributed by atoms with E-state index in [1.807, 2.05) is 31.2 Å². The van der Waals surface area contributed by atoms with E-state index in [0.29, 0.717) is 26.3 Å². The Bertz CT molecular complexity index is 409. The fourth-order valence-corrected chi connectivity index (χ4v) is 1.80. The highest BCUT2D eigenvalue weighted by atomic mass is 16.5. The third kappa shape index (κ3) is 6.04. The average molecular weight is 281 g/mol. The van der Waals surface area contributed by atoms with Gasteiger partial charge in [-0.1, -0.05) is 12.1 Å². The van der Waals surface area contributed by atoms with Crippen molar-refractivity contribution in [3.63, 3.8) is 0 Å². The van der Waals surface area contributed by atoms with Crippen molar-refractivity contribution in [1.29, 1.82) is 0 Å². The molecule has 1 aromatic carbocycles. The third-order valence-electron chi connectivity index (χ3n) is 2.86. The first-order chi connectivity index (χ1) is 9.67. The molecule has 0 unspecified atom stereocenters. The molecule has 0 heterocycles. The number of carbonyl (C=O) groups excluding carboxylic acids is 1. The Morgan fingerprint density at radius 1 is 1.30 bits per heavy atom. The third-order valence-corrected chi connectivity index (χ3v) is 2.86. The molecule has 1 rings (SSSR count). The van der Waals surface area contributed by atoms with Crippen LogP contribution in [0.4, 0.5) is 0 Å². The lowest BCUT2D eigenvalue weighted by Gasteiger charge is -2.21. The van der Waals surface area contributed by atoms with E-state index < -0.39 is 0 Å². The zero-order chi connectivity index (χ0) is 14.8. The molecule has 0 radical (unpaired) electrons. The van der Waals surface area contributed by atoms with Crippen LogP contribution < -0.4 is 4.74 Å². The van der Waals surface area contributed by atoms with E-state index >= 15 is 0 Å². The lowest BCUT2D eigenvalue weighted by atomic mass is 10.2. The second-order valence-electron chi connectivity index (χ2n) is 4.51. The van der Waals surface area contributed by atoms with E-state index in [9.17, 15) is 4.79 Å². The predicted octanol–water partition coefficient (Wildman–Crippen LogP) is 1.23. The van der Waals surface area contributed by atoms with Gasteiger partial charge in [0, 0.05) is 20.2 Å². The van der Waals surface area contributed by atoms with Crippen molar-refractivity contribution in [3.05, 3.63) is 29.8 Å². The van der Waals surface area contributed by atoms with Crippen LogP contribution in [-0.2, 0) is 9.53 Å². The molecule has 0 aliphatic heterocycles. The van der Waals surface area contributed by atoms with E-state index in [1.54, 1.807) is 12.0 Å². The molecule has 5 nitrogen and oxygen atoms in total. The molecule has 0 saturated heterocycles. The molecule has 1 N–H and O–H groups in total. The zero-order valence-electron chi connectivity index (χ0n) is 12.2. The number of methoxy groups -OCH3 is 1. The largest absolute Gasteiger partial charge is 0.493 e. The summed E-state index contributed by atoms with van der Waals surface area (Å²) in [4.78, 5) is 13.6. The van der Waals surface area contributed by atoms with Crippen LogP contribution >= 0.6 is 0 Å². The first-order valence-electron chi connectivity index (χ1n) is 6.74. The molecule has 0 bridgehead atoms. The summed E-state index contributed by atoms with van der Waals surface area (Å²) in [5, 5.41) is 8.95. The van der Waals surface area contributed by atoms with Gasteiger partial charge in [0.25, 0.3) is 0 Å². The number of carbonyl (C=O) groups is 1. The van der Waals surface area contributed by atoms with Crippen molar-refractivity contribution in [1.82, 2.24) is 4.90 Å². The summed E-state index contributed by atoms with van der Waals surface area (Å²) in [6.45, 7) is 3.55. The van der Waals surface area contributed by atoms with Crippen LogP contribution in [0.3, 0.4) is 0 Å². The Labute approximate surface area is 120 Å². The molecular weight excluding hydrogens is 258 g/mol. The Kier molecular flexibility index (Phi) is 7.69. The first kappa shape index (κ1) is 16.5. The van der Waals surface area contributed by atoms with Gasteiger partial charge in [-0.3, -0.25) is 4.79 Å². The van der Waals surface area contributed by atoms with Crippen molar-refractivity contribution in [3.8, 4) is 5.75 Å². The van der Waals surface area contributed by atoms with Crippen molar-refractivity contribution >= 4 is 5.91 Å². The molecule has 0 aliphatic carbocycles. The predicted molar refractivity (Wildman–Crippen MR) is 76.8 cm³/mol. The van der Waals surface area contributed by atoms with Crippen LogP contribution in [0, 0.1) is 6.92 Å². The van der Waals surface area contributed by atoms with Crippen LogP contribution in [0.1, 0.15) is 12.0 Å². The van der Waals surface area contributed by atoms with E-state index in [0.717, 1.165) is 11.3 Å². The number of hydrogen-bond donors (Lipinski definition) is 1. The molecule has 1 amide bonds. The molecule has 5 heteroatoms. The van der Waals surface area contributed by atoms with Gasteiger partial charge in [-0.15, -0.1) is 0 Å². The van der Waals surface area contributed by atoms with Gasteiger partial charge in [-0.2, -0.15) is 0 Å². The quantitative estimate of drug-likeness (QED) is 0.739. The van der Waals surface area contributed by atoms with Crippen LogP contribution in [0.5, 0.6) is 5.75 Å². The molecule has 1 aromatic rings. The smallest absolute Gasteiger partial charge is 0.226 e. The number of rotatable bonds is 9. The van der Waals surface area contributed by atoms with Gasteiger partial charge in [0.2, 0.25) is 5.91 Å². The standard InChI is InChI=1S/C15H23NO4/c1-13-4-3-5-14(12-13)20-10-6-15(18)16(7-9-17)8-11-19-2/h3-5,12,17H,6-11H2,1-2H3. The van der Waals surface area contributed by atoms with Gasteiger partial charge in [0.05, 0.1) is 26.2 Å². The number of aliphatic hydroxyl groups excluding tert-OH is 1. The van der Waals surface area contributed by atoms with E-state index in [4.69, 9.17) is 14.6 Å². The number of aliphatic hydroxyl groups is 1. The van der Waals surface area contributed by atoms with Crippen LogP contribution in [0.15, 0.2) is 24.3 Å². The molecule has 20 heavy (non-hydrogen) atoms. The summed E-state index contributed by atoms with van der Waals surface area (Å²) >= 11 is 0. The Morgan fingerprint density at radius 3 is 2.75 bits per heavy atom. The van der Waals surface area contributed by atoms with Gasteiger partial charge in [-0.25, -0.2) is 0 Å². The van der Waals surface area contributed by atoms with E-state index in [2.05, 4.69) is 0 Å². The second kappa shape index (κ2) is 9.34. The highest BCUT2D eigenvalue weighted by Crippen LogP contribution is 2.12. The maximum Gasteiger partial charge on any atom is 0.226 e. The maximum absolute atomic E-state index is 12.0. The number of aryl methyl sites for hydroxylation is 1. The number of amides is 1. The minimum atomic E-state index is -0.0474. The highest BCUT2D eigenvalue weighted by molar-refractivity contribution is 5.76. The summed E-state index contributed by atoms with van der Waals surface area (Å²) in [6, 6.07) is 7.71. The Hall–Kier alpha value is -1.59. The number of hydrogen-bond acceptors (Lipinski definition) is 4. The van der Waals surface area contributed by atoms with Crippen molar-refractivity contribution in [2.75, 3.05) is 40.0 Å². The van der Waals surface area contributed by atoms with E-state index in [1.165, 1.54) is 0 Å². The SMILES string of the molecule is COCCN(CCO)C(=O)CCOc1cccc(C)c1. The molecule has 0 atom stereocenters. The number of nitrogens with zero attached hydrogens (tertiary/aromatic N) is 1. The fraction of sp³-hybridized carbons (Fsp3) is 0.533. The summed E-state index contributed by atoms with van der Waals surface area (Å²) in [6.07, 6.45) is 0.289. The maximum atomic E-state index is 12.0. The summed E-state index contributed by atoms with van der Waals surface area (Å²) < 4.78 is 10.5.